The minimum Gasteiger partial charge on any atom is -0.337 e. The molecule has 2 heterocycles. The molecule has 5 aromatic rings. The van der Waals surface area contributed by atoms with Crippen LogP contribution in [-0.4, -0.2) is 15.2 Å². The quantitative estimate of drug-likeness (QED) is 0.248. The minimum atomic E-state index is 0.00958. The molecule has 3 nitrogen and oxygen atoms in total. The van der Waals surface area contributed by atoms with E-state index in [9.17, 15) is 0 Å². The Morgan fingerprint density at radius 3 is 2.24 bits per heavy atom. The number of rotatable bonds is 4. The van der Waals surface area contributed by atoms with Crippen LogP contribution in [0, 0.1) is 11.8 Å². The number of hydrogen-bond donors (Lipinski definition) is 1. The van der Waals surface area contributed by atoms with Crippen molar-refractivity contribution < 1.29 is 0 Å². The van der Waals surface area contributed by atoms with Crippen LogP contribution in [0.2, 0.25) is 0 Å². The zero-order valence-corrected chi connectivity index (χ0v) is 22.7. The molecule has 0 fully saturated rings. The minimum absolute atomic E-state index is 0.00958. The first-order chi connectivity index (χ1) is 18.5. The maximum atomic E-state index is 7.07. The first-order valence-corrected chi connectivity index (χ1v) is 14.3. The van der Waals surface area contributed by atoms with Gasteiger partial charge in [-0.2, -0.15) is 0 Å². The van der Waals surface area contributed by atoms with Crippen molar-refractivity contribution in [2.45, 2.75) is 58.5 Å². The van der Waals surface area contributed by atoms with Crippen LogP contribution in [0.4, 0.5) is 0 Å². The molecule has 0 spiro atoms. The van der Waals surface area contributed by atoms with Crippen molar-refractivity contribution in [3.63, 3.8) is 0 Å². The van der Waals surface area contributed by atoms with Crippen LogP contribution in [0.25, 0.3) is 38.9 Å². The van der Waals surface area contributed by atoms with Gasteiger partial charge in [0.05, 0.1) is 16.9 Å². The van der Waals surface area contributed by atoms with E-state index in [-0.39, 0.29) is 6.04 Å². The SMILES string of the molecule is CC1C=C([C@@H](N)Cn2c3c(c4ccccc42)C(C)Cc2c-3n(-c3ccccc3)c3ccccc23)CC(C)C1. The van der Waals surface area contributed by atoms with Gasteiger partial charge in [-0.3, -0.25) is 0 Å². The van der Waals surface area contributed by atoms with Crippen LogP contribution in [0.5, 0.6) is 0 Å². The molecule has 192 valence electrons. The summed E-state index contributed by atoms with van der Waals surface area (Å²) in [7, 11) is 0. The van der Waals surface area contributed by atoms with Crippen LogP contribution >= 0.6 is 0 Å². The van der Waals surface area contributed by atoms with Gasteiger partial charge < -0.3 is 14.9 Å². The largest absolute Gasteiger partial charge is 0.337 e. The molecule has 0 bridgehead atoms. The third kappa shape index (κ3) is 3.60. The zero-order chi connectivity index (χ0) is 26.0. The van der Waals surface area contributed by atoms with Gasteiger partial charge in [-0.25, -0.2) is 0 Å². The van der Waals surface area contributed by atoms with Crippen molar-refractivity contribution in [2.75, 3.05) is 0 Å². The van der Waals surface area contributed by atoms with Crippen molar-refractivity contribution in [1.82, 2.24) is 9.13 Å². The van der Waals surface area contributed by atoms with Crippen LogP contribution in [0.3, 0.4) is 0 Å². The fraction of sp³-hybridized carbons (Fsp3) is 0.314. The van der Waals surface area contributed by atoms with Gasteiger partial charge in [-0.1, -0.05) is 87.0 Å². The number of benzene rings is 3. The lowest BCUT2D eigenvalue weighted by Crippen LogP contribution is -2.32. The topological polar surface area (TPSA) is 35.9 Å². The maximum Gasteiger partial charge on any atom is 0.0741 e. The van der Waals surface area contributed by atoms with Crippen LogP contribution in [0.15, 0.2) is 90.5 Å². The molecule has 3 heteroatoms. The smallest absolute Gasteiger partial charge is 0.0741 e. The summed E-state index contributed by atoms with van der Waals surface area (Å²) >= 11 is 0. The summed E-state index contributed by atoms with van der Waals surface area (Å²) in [5.41, 5.74) is 17.9. The van der Waals surface area contributed by atoms with E-state index in [1.807, 2.05) is 0 Å². The summed E-state index contributed by atoms with van der Waals surface area (Å²) in [4.78, 5) is 0. The second-order valence-electron chi connectivity index (χ2n) is 11.9. The predicted octanol–water partition coefficient (Wildman–Crippen LogP) is 8.23. The predicted molar refractivity (Wildman–Crippen MR) is 160 cm³/mol. The van der Waals surface area contributed by atoms with Gasteiger partial charge >= 0.3 is 0 Å². The first kappa shape index (κ1) is 23.5. The van der Waals surface area contributed by atoms with Gasteiger partial charge in [0, 0.05) is 34.6 Å². The molecule has 2 aliphatic rings. The lowest BCUT2D eigenvalue weighted by atomic mass is 9.81. The Hall–Kier alpha value is -3.56. The number of fused-ring (bicyclic) bond motifs is 7. The molecule has 38 heavy (non-hydrogen) atoms. The normalized spacial score (nSPS) is 21.8. The van der Waals surface area contributed by atoms with E-state index >= 15 is 0 Å². The summed E-state index contributed by atoms with van der Waals surface area (Å²) < 4.78 is 5.06. The van der Waals surface area contributed by atoms with Crippen molar-refractivity contribution >= 4 is 21.8 Å². The van der Waals surface area contributed by atoms with Crippen molar-refractivity contribution in [1.29, 1.82) is 0 Å². The second kappa shape index (κ2) is 9.03. The maximum absolute atomic E-state index is 7.07. The van der Waals surface area contributed by atoms with Gasteiger partial charge in [-0.05, 0) is 72.4 Å². The van der Waals surface area contributed by atoms with Crippen LogP contribution < -0.4 is 5.73 Å². The lowest BCUT2D eigenvalue weighted by Gasteiger charge is -2.29. The molecule has 2 N–H and O–H groups in total. The van der Waals surface area contributed by atoms with Crippen molar-refractivity contribution in [2.24, 2.45) is 17.6 Å². The Morgan fingerprint density at radius 2 is 1.47 bits per heavy atom. The number of nitrogens with two attached hydrogens (primary N) is 1. The Bertz CT molecular complexity index is 1680. The van der Waals surface area contributed by atoms with E-state index in [1.165, 1.54) is 62.0 Å². The standard InChI is InChI=1S/C35H37N3/c1-22-17-23(2)19-25(18-22)30(36)21-37-31-15-9-8-14-28(31)33-24(3)20-29-27-13-7-10-16-32(27)38(34(29)35(33)37)26-11-5-4-6-12-26/h4-16,18,22-24,30H,17,19-21,36H2,1-3H3/t22?,23?,24?,30-/m0/s1. The lowest BCUT2D eigenvalue weighted by molar-refractivity contribution is 0.414. The summed E-state index contributed by atoms with van der Waals surface area (Å²) in [6, 6.07) is 28.8. The first-order valence-electron chi connectivity index (χ1n) is 14.3. The molecule has 3 unspecified atom stereocenters. The van der Waals surface area contributed by atoms with Crippen LogP contribution in [-0.2, 0) is 13.0 Å². The van der Waals surface area contributed by atoms with E-state index in [0.717, 1.165) is 19.4 Å². The fourth-order valence-corrected chi connectivity index (χ4v) is 7.50. The highest BCUT2D eigenvalue weighted by Gasteiger charge is 2.34. The van der Waals surface area contributed by atoms with Crippen molar-refractivity contribution in [3.05, 3.63) is 102 Å². The number of hydrogen-bond acceptors (Lipinski definition) is 1. The Balaban J connectivity index is 1.51. The highest BCUT2D eigenvalue weighted by atomic mass is 15.1. The van der Waals surface area contributed by atoms with Crippen LogP contribution in [0.1, 0.15) is 50.7 Å². The molecule has 7 rings (SSSR count). The summed E-state index contributed by atoms with van der Waals surface area (Å²) in [6.45, 7) is 7.90. The fourth-order valence-electron chi connectivity index (χ4n) is 7.50. The highest BCUT2D eigenvalue weighted by molar-refractivity contribution is 6.00. The molecule has 3 aromatic carbocycles. The molecule has 0 radical (unpaired) electrons. The molecule has 2 aliphatic carbocycles. The van der Waals surface area contributed by atoms with Gasteiger partial charge in [0.15, 0.2) is 0 Å². The molecule has 4 atom stereocenters. The second-order valence-corrected chi connectivity index (χ2v) is 11.9. The molecule has 0 aliphatic heterocycles. The average Bonchev–Trinajstić information content (AvgIpc) is 3.42. The van der Waals surface area contributed by atoms with Crippen molar-refractivity contribution in [3.8, 4) is 17.1 Å². The van der Waals surface area contributed by atoms with Gasteiger partial charge in [0.1, 0.15) is 0 Å². The third-order valence-corrected chi connectivity index (χ3v) is 8.94. The molecule has 0 saturated heterocycles. The molecule has 0 saturated carbocycles. The third-order valence-electron chi connectivity index (χ3n) is 8.94. The van der Waals surface area contributed by atoms with E-state index in [4.69, 9.17) is 5.73 Å². The zero-order valence-electron chi connectivity index (χ0n) is 22.7. The molecular weight excluding hydrogens is 462 g/mol. The Morgan fingerprint density at radius 1 is 0.789 bits per heavy atom. The number of nitrogens with zero attached hydrogens (tertiary/aromatic N) is 2. The van der Waals surface area contributed by atoms with E-state index < -0.39 is 0 Å². The average molecular weight is 500 g/mol. The Kier molecular flexibility index (Phi) is 5.59. The summed E-state index contributed by atoms with van der Waals surface area (Å²) in [5.74, 6) is 1.73. The van der Waals surface area contributed by atoms with Gasteiger partial charge in [0.25, 0.3) is 0 Å². The van der Waals surface area contributed by atoms with Gasteiger partial charge in [0.2, 0.25) is 0 Å². The number of aromatic nitrogens is 2. The molecule has 2 aromatic heterocycles. The molecule has 0 amide bonds. The molecular formula is C35H37N3. The summed E-state index contributed by atoms with van der Waals surface area (Å²) in [5, 5.41) is 2.74. The monoisotopic (exact) mass is 499 g/mol. The van der Waals surface area contributed by atoms with E-state index in [1.54, 1.807) is 0 Å². The Labute approximate surface area is 225 Å². The highest BCUT2D eigenvalue weighted by Crippen LogP contribution is 2.49. The van der Waals surface area contributed by atoms with E-state index in [2.05, 4.69) is 115 Å². The van der Waals surface area contributed by atoms with Gasteiger partial charge in [-0.15, -0.1) is 0 Å². The number of para-hydroxylation sites is 3. The van der Waals surface area contributed by atoms with E-state index in [0.29, 0.717) is 17.8 Å². The number of allylic oxidation sites excluding steroid dienone is 1. The summed E-state index contributed by atoms with van der Waals surface area (Å²) in [6.07, 6.45) is 5.87.